The predicted octanol–water partition coefficient (Wildman–Crippen LogP) is 3.81. The van der Waals surface area contributed by atoms with E-state index in [0.717, 1.165) is 35.1 Å². The summed E-state index contributed by atoms with van der Waals surface area (Å²) in [5.74, 6) is 1.05. The van der Waals surface area contributed by atoms with E-state index in [2.05, 4.69) is 28.8 Å². The summed E-state index contributed by atoms with van der Waals surface area (Å²) < 4.78 is 0. The van der Waals surface area contributed by atoms with Gasteiger partial charge in [0.2, 0.25) is 0 Å². The SMILES string of the molecule is CC1CC(C)CN(C(=O)c2cc(-c3ccncc3)c3cnccc3n2)C1. The lowest BCUT2D eigenvalue weighted by Gasteiger charge is -2.34. The minimum atomic E-state index is 0.0115. The van der Waals surface area contributed by atoms with Crippen molar-refractivity contribution in [3.05, 3.63) is 54.7 Å². The summed E-state index contributed by atoms with van der Waals surface area (Å²) >= 11 is 0. The molecule has 0 aromatic carbocycles. The summed E-state index contributed by atoms with van der Waals surface area (Å²) in [6, 6.07) is 7.64. The number of fused-ring (bicyclic) bond motifs is 1. The molecule has 2 atom stereocenters. The second kappa shape index (κ2) is 6.83. The Balaban J connectivity index is 1.80. The molecule has 2 unspecified atom stereocenters. The van der Waals surface area contributed by atoms with Gasteiger partial charge in [-0.15, -0.1) is 0 Å². The number of rotatable bonds is 2. The highest BCUT2D eigenvalue weighted by molar-refractivity contribution is 6.01. The molecule has 4 heterocycles. The van der Waals surface area contributed by atoms with Gasteiger partial charge in [0, 0.05) is 43.3 Å². The first-order valence-electron chi connectivity index (χ1n) is 9.06. The van der Waals surface area contributed by atoms with E-state index >= 15 is 0 Å². The number of hydrogen-bond donors (Lipinski definition) is 0. The lowest BCUT2D eigenvalue weighted by molar-refractivity contribution is 0.0617. The fourth-order valence-electron chi connectivity index (χ4n) is 3.94. The van der Waals surface area contributed by atoms with Crippen molar-refractivity contribution in [3.8, 4) is 11.1 Å². The smallest absolute Gasteiger partial charge is 0.272 e. The monoisotopic (exact) mass is 346 g/mol. The standard InChI is InChI=1S/C21H22N4O/c1-14-9-15(2)13-25(12-14)21(26)20-10-17(16-3-6-22-7-4-16)18-11-23-8-5-19(18)24-20/h3-8,10-11,14-15H,9,12-13H2,1-2H3. The Morgan fingerprint density at radius 3 is 2.46 bits per heavy atom. The Bertz CT molecular complexity index is 931. The molecule has 0 aliphatic carbocycles. The van der Waals surface area contributed by atoms with Crippen LogP contribution in [0, 0.1) is 11.8 Å². The first-order chi connectivity index (χ1) is 12.6. The number of nitrogens with zero attached hydrogens (tertiary/aromatic N) is 4. The van der Waals surface area contributed by atoms with E-state index in [1.165, 1.54) is 6.42 Å². The first kappa shape index (κ1) is 16.6. The lowest BCUT2D eigenvalue weighted by atomic mass is 9.91. The number of amides is 1. The summed E-state index contributed by atoms with van der Waals surface area (Å²) in [7, 11) is 0. The fourth-order valence-corrected chi connectivity index (χ4v) is 3.94. The maximum atomic E-state index is 13.2. The van der Waals surface area contributed by atoms with Crippen molar-refractivity contribution in [2.45, 2.75) is 20.3 Å². The van der Waals surface area contributed by atoms with Crippen molar-refractivity contribution >= 4 is 16.8 Å². The van der Waals surface area contributed by atoms with Gasteiger partial charge in [0.05, 0.1) is 5.52 Å². The Hall–Kier alpha value is -2.82. The Kier molecular flexibility index (Phi) is 4.37. The van der Waals surface area contributed by atoms with Crippen molar-refractivity contribution in [1.82, 2.24) is 19.9 Å². The van der Waals surface area contributed by atoms with E-state index in [1.54, 1.807) is 24.8 Å². The Morgan fingerprint density at radius 1 is 1.04 bits per heavy atom. The van der Waals surface area contributed by atoms with E-state index < -0.39 is 0 Å². The number of likely N-dealkylation sites (tertiary alicyclic amines) is 1. The van der Waals surface area contributed by atoms with Crippen LogP contribution in [0.2, 0.25) is 0 Å². The molecule has 1 saturated heterocycles. The molecule has 1 fully saturated rings. The molecule has 0 radical (unpaired) electrons. The molecule has 0 saturated carbocycles. The number of carbonyl (C=O) groups excluding carboxylic acids is 1. The normalized spacial score (nSPS) is 20.3. The Labute approximate surface area is 153 Å². The van der Waals surface area contributed by atoms with Gasteiger partial charge in [-0.05, 0) is 53.6 Å². The summed E-state index contributed by atoms with van der Waals surface area (Å²) in [5, 5.41) is 0.940. The summed E-state index contributed by atoms with van der Waals surface area (Å²) in [4.78, 5) is 28.1. The zero-order valence-electron chi connectivity index (χ0n) is 15.1. The lowest BCUT2D eigenvalue weighted by Crippen LogP contribution is -2.42. The third kappa shape index (κ3) is 3.17. The third-order valence-corrected chi connectivity index (χ3v) is 4.98. The van der Waals surface area contributed by atoms with E-state index in [-0.39, 0.29) is 5.91 Å². The zero-order chi connectivity index (χ0) is 18.1. The van der Waals surface area contributed by atoms with Crippen LogP contribution in [0.4, 0.5) is 0 Å². The van der Waals surface area contributed by atoms with Crippen LogP contribution in [0.5, 0.6) is 0 Å². The second-order valence-electron chi connectivity index (χ2n) is 7.34. The molecular weight excluding hydrogens is 324 g/mol. The van der Waals surface area contributed by atoms with Gasteiger partial charge in [-0.25, -0.2) is 4.98 Å². The van der Waals surface area contributed by atoms with Gasteiger partial charge in [-0.3, -0.25) is 14.8 Å². The molecule has 0 bridgehead atoms. The fraction of sp³-hybridized carbons (Fsp3) is 0.333. The number of aromatic nitrogens is 3. The molecule has 1 aliphatic heterocycles. The van der Waals surface area contributed by atoms with Crippen molar-refractivity contribution in [1.29, 1.82) is 0 Å². The maximum Gasteiger partial charge on any atom is 0.272 e. The van der Waals surface area contributed by atoms with Crippen LogP contribution in [-0.2, 0) is 0 Å². The van der Waals surface area contributed by atoms with Gasteiger partial charge in [-0.2, -0.15) is 0 Å². The average Bonchev–Trinajstić information content (AvgIpc) is 2.66. The minimum Gasteiger partial charge on any atom is -0.337 e. The molecule has 5 nitrogen and oxygen atoms in total. The molecule has 5 heteroatoms. The summed E-state index contributed by atoms with van der Waals surface area (Å²) in [5.41, 5.74) is 3.26. The highest BCUT2D eigenvalue weighted by Crippen LogP contribution is 2.29. The van der Waals surface area contributed by atoms with Gasteiger partial charge in [-0.1, -0.05) is 13.8 Å². The largest absolute Gasteiger partial charge is 0.337 e. The summed E-state index contributed by atoms with van der Waals surface area (Å²) in [6.07, 6.45) is 8.20. The first-order valence-corrected chi connectivity index (χ1v) is 9.06. The van der Waals surface area contributed by atoms with Gasteiger partial charge in [0.25, 0.3) is 5.91 Å². The highest BCUT2D eigenvalue weighted by Gasteiger charge is 2.27. The van der Waals surface area contributed by atoms with E-state index in [1.807, 2.05) is 29.2 Å². The molecule has 1 aliphatic rings. The molecule has 1 amide bonds. The van der Waals surface area contributed by atoms with Crippen molar-refractivity contribution < 1.29 is 4.79 Å². The van der Waals surface area contributed by atoms with Crippen molar-refractivity contribution in [2.75, 3.05) is 13.1 Å². The van der Waals surface area contributed by atoms with E-state index in [4.69, 9.17) is 0 Å². The van der Waals surface area contributed by atoms with Crippen molar-refractivity contribution in [2.24, 2.45) is 11.8 Å². The molecule has 0 N–H and O–H groups in total. The molecule has 4 rings (SSSR count). The predicted molar refractivity (Wildman–Crippen MR) is 102 cm³/mol. The molecule has 3 aromatic rings. The number of piperidine rings is 1. The quantitative estimate of drug-likeness (QED) is 0.708. The van der Waals surface area contributed by atoms with Crippen LogP contribution in [0.25, 0.3) is 22.0 Å². The number of pyridine rings is 3. The van der Waals surface area contributed by atoms with E-state index in [9.17, 15) is 4.79 Å². The van der Waals surface area contributed by atoms with Gasteiger partial charge in [0.1, 0.15) is 5.69 Å². The molecule has 132 valence electrons. The summed E-state index contributed by atoms with van der Waals surface area (Å²) in [6.45, 7) is 6.00. The topological polar surface area (TPSA) is 59.0 Å². The van der Waals surface area contributed by atoms with Gasteiger partial charge < -0.3 is 4.90 Å². The molecule has 26 heavy (non-hydrogen) atoms. The number of carbonyl (C=O) groups is 1. The van der Waals surface area contributed by atoms with Crippen LogP contribution < -0.4 is 0 Å². The van der Waals surface area contributed by atoms with E-state index in [0.29, 0.717) is 17.5 Å². The van der Waals surface area contributed by atoms with Gasteiger partial charge >= 0.3 is 0 Å². The Morgan fingerprint density at radius 2 is 1.73 bits per heavy atom. The minimum absolute atomic E-state index is 0.0115. The molecule has 3 aromatic heterocycles. The van der Waals surface area contributed by atoms with Crippen LogP contribution in [0.1, 0.15) is 30.8 Å². The van der Waals surface area contributed by atoms with Gasteiger partial charge in [0.15, 0.2) is 0 Å². The second-order valence-corrected chi connectivity index (χ2v) is 7.34. The van der Waals surface area contributed by atoms with Crippen molar-refractivity contribution in [3.63, 3.8) is 0 Å². The zero-order valence-corrected chi connectivity index (χ0v) is 15.1. The maximum absolute atomic E-state index is 13.2. The van der Waals surface area contributed by atoms with Crippen LogP contribution >= 0.6 is 0 Å². The third-order valence-electron chi connectivity index (χ3n) is 4.98. The van der Waals surface area contributed by atoms with Crippen LogP contribution in [0.15, 0.2) is 49.1 Å². The number of hydrogen-bond acceptors (Lipinski definition) is 4. The molecular formula is C21H22N4O. The molecule has 0 spiro atoms. The van der Waals surface area contributed by atoms with Crippen LogP contribution in [0.3, 0.4) is 0 Å². The average molecular weight is 346 g/mol. The highest BCUT2D eigenvalue weighted by atomic mass is 16.2. The van der Waals surface area contributed by atoms with Crippen LogP contribution in [-0.4, -0.2) is 38.8 Å².